The van der Waals surface area contributed by atoms with Crippen molar-refractivity contribution in [2.45, 2.75) is 31.4 Å². The van der Waals surface area contributed by atoms with Gasteiger partial charge in [0.2, 0.25) is 5.91 Å². The van der Waals surface area contributed by atoms with Gasteiger partial charge in [-0.2, -0.15) is 0 Å². The summed E-state index contributed by atoms with van der Waals surface area (Å²) in [5.74, 6) is 0.591. The third-order valence-corrected chi connectivity index (χ3v) is 3.06. The van der Waals surface area contributed by atoms with Crippen molar-refractivity contribution in [3.63, 3.8) is 0 Å². The molecule has 2 rings (SSSR count). The van der Waals surface area contributed by atoms with Crippen LogP contribution in [0.5, 0.6) is 0 Å². The molecule has 0 radical (unpaired) electrons. The summed E-state index contributed by atoms with van der Waals surface area (Å²) in [6.07, 6.45) is 2.77. The molecule has 2 fully saturated rings. The number of ether oxygens (including phenoxy) is 2. The predicted molar refractivity (Wildman–Crippen MR) is 58.9 cm³/mol. The summed E-state index contributed by atoms with van der Waals surface area (Å²) in [6, 6.07) is 0.0310. The van der Waals surface area contributed by atoms with Crippen molar-refractivity contribution in [1.29, 1.82) is 0 Å². The fourth-order valence-electron chi connectivity index (χ4n) is 1.86. The van der Waals surface area contributed by atoms with Crippen LogP contribution in [0.15, 0.2) is 0 Å². The summed E-state index contributed by atoms with van der Waals surface area (Å²) in [5, 5.41) is 2.84. The Hall–Kier alpha value is -0.650. The minimum Gasteiger partial charge on any atom is -0.376 e. The zero-order valence-corrected chi connectivity index (χ0v) is 9.48. The molecule has 1 amide bonds. The summed E-state index contributed by atoms with van der Waals surface area (Å²) < 4.78 is 10.7. The molecule has 0 aromatic rings. The molecule has 1 saturated carbocycles. The van der Waals surface area contributed by atoms with E-state index in [1.165, 1.54) is 12.8 Å². The SMILES string of the molecule is NC(CC(=O)NCC1COCCO1)C1CC1. The van der Waals surface area contributed by atoms with E-state index in [1.807, 2.05) is 0 Å². The Kier molecular flexibility index (Phi) is 4.15. The van der Waals surface area contributed by atoms with E-state index in [4.69, 9.17) is 15.2 Å². The molecule has 2 atom stereocenters. The standard InChI is InChI=1S/C11H20N2O3/c12-10(8-1-2-8)5-11(14)13-6-9-7-15-3-4-16-9/h8-10H,1-7,12H2,(H,13,14). The third-order valence-electron chi connectivity index (χ3n) is 3.06. The van der Waals surface area contributed by atoms with Crippen LogP contribution in [0, 0.1) is 5.92 Å². The second-order valence-electron chi connectivity index (χ2n) is 4.58. The molecule has 0 aromatic heterocycles. The van der Waals surface area contributed by atoms with Crippen LogP contribution in [-0.2, 0) is 14.3 Å². The molecule has 2 unspecified atom stereocenters. The molecule has 2 aliphatic rings. The topological polar surface area (TPSA) is 73.6 Å². The van der Waals surface area contributed by atoms with Crippen molar-refractivity contribution in [2.24, 2.45) is 11.7 Å². The minimum atomic E-state index is -0.00477. The van der Waals surface area contributed by atoms with Gasteiger partial charge in [-0.25, -0.2) is 0 Å². The molecule has 1 aliphatic carbocycles. The van der Waals surface area contributed by atoms with Crippen LogP contribution in [0.1, 0.15) is 19.3 Å². The smallest absolute Gasteiger partial charge is 0.221 e. The maximum atomic E-state index is 11.5. The van der Waals surface area contributed by atoms with Crippen molar-refractivity contribution >= 4 is 5.91 Å². The lowest BCUT2D eigenvalue weighted by Gasteiger charge is -2.23. The molecular formula is C11H20N2O3. The van der Waals surface area contributed by atoms with E-state index >= 15 is 0 Å². The Morgan fingerprint density at radius 3 is 2.88 bits per heavy atom. The maximum absolute atomic E-state index is 11.5. The average Bonchev–Trinajstić information content (AvgIpc) is 3.11. The van der Waals surface area contributed by atoms with E-state index in [1.54, 1.807) is 0 Å². The molecule has 16 heavy (non-hydrogen) atoms. The molecule has 5 heteroatoms. The molecule has 1 heterocycles. The fraction of sp³-hybridized carbons (Fsp3) is 0.909. The molecule has 1 aliphatic heterocycles. The number of amides is 1. The molecular weight excluding hydrogens is 208 g/mol. The van der Waals surface area contributed by atoms with Gasteiger partial charge >= 0.3 is 0 Å². The molecule has 1 saturated heterocycles. The normalized spacial score (nSPS) is 27.4. The Labute approximate surface area is 95.7 Å². The van der Waals surface area contributed by atoms with Gasteiger partial charge in [-0.3, -0.25) is 4.79 Å². The molecule has 0 bridgehead atoms. The lowest BCUT2D eigenvalue weighted by Crippen LogP contribution is -2.41. The number of hydrogen-bond donors (Lipinski definition) is 2. The highest BCUT2D eigenvalue weighted by atomic mass is 16.6. The third kappa shape index (κ3) is 3.73. The van der Waals surface area contributed by atoms with Crippen LogP contribution >= 0.6 is 0 Å². The van der Waals surface area contributed by atoms with Gasteiger partial charge in [0, 0.05) is 19.0 Å². The lowest BCUT2D eigenvalue weighted by molar-refractivity contribution is -0.124. The minimum absolute atomic E-state index is 0.00477. The van der Waals surface area contributed by atoms with Gasteiger partial charge in [0.05, 0.1) is 25.9 Å². The second-order valence-corrected chi connectivity index (χ2v) is 4.58. The summed E-state index contributed by atoms with van der Waals surface area (Å²) >= 11 is 0. The highest BCUT2D eigenvalue weighted by Gasteiger charge is 2.29. The molecule has 5 nitrogen and oxygen atoms in total. The highest BCUT2D eigenvalue weighted by molar-refractivity contribution is 5.76. The number of hydrogen-bond acceptors (Lipinski definition) is 4. The van der Waals surface area contributed by atoms with E-state index in [-0.39, 0.29) is 18.1 Å². The zero-order chi connectivity index (χ0) is 11.4. The second kappa shape index (κ2) is 5.61. The van der Waals surface area contributed by atoms with Crippen LogP contribution in [0.25, 0.3) is 0 Å². The highest BCUT2D eigenvalue weighted by Crippen LogP contribution is 2.32. The first-order valence-electron chi connectivity index (χ1n) is 5.97. The first kappa shape index (κ1) is 11.8. The maximum Gasteiger partial charge on any atom is 0.221 e. The van der Waals surface area contributed by atoms with E-state index in [9.17, 15) is 4.79 Å². The summed E-state index contributed by atoms with van der Waals surface area (Å²) in [4.78, 5) is 11.5. The van der Waals surface area contributed by atoms with Gasteiger partial charge < -0.3 is 20.5 Å². The van der Waals surface area contributed by atoms with Crippen molar-refractivity contribution in [2.75, 3.05) is 26.4 Å². The summed E-state index contributed by atoms with van der Waals surface area (Å²) in [6.45, 7) is 2.35. The van der Waals surface area contributed by atoms with Gasteiger partial charge in [0.1, 0.15) is 0 Å². The van der Waals surface area contributed by atoms with Crippen LogP contribution in [0.2, 0.25) is 0 Å². The monoisotopic (exact) mass is 228 g/mol. The van der Waals surface area contributed by atoms with Crippen molar-refractivity contribution < 1.29 is 14.3 Å². The molecule has 92 valence electrons. The molecule has 0 aromatic carbocycles. The van der Waals surface area contributed by atoms with Crippen LogP contribution in [0.3, 0.4) is 0 Å². The quantitative estimate of drug-likeness (QED) is 0.674. The van der Waals surface area contributed by atoms with Gasteiger partial charge in [-0.1, -0.05) is 0 Å². The predicted octanol–water partition coefficient (Wildman–Crippen LogP) is -0.355. The van der Waals surface area contributed by atoms with Crippen LogP contribution in [0.4, 0.5) is 0 Å². The van der Waals surface area contributed by atoms with E-state index < -0.39 is 0 Å². The number of nitrogens with two attached hydrogens (primary N) is 1. The first-order chi connectivity index (χ1) is 7.75. The zero-order valence-electron chi connectivity index (χ0n) is 9.48. The van der Waals surface area contributed by atoms with E-state index in [0.717, 1.165) is 0 Å². The Morgan fingerprint density at radius 2 is 2.25 bits per heavy atom. The van der Waals surface area contributed by atoms with Crippen LogP contribution in [-0.4, -0.2) is 44.4 Å². The van der Waals surface area contributed by atoms with Crippen molar-refractivity contribution in [3.05, 3.63) is 0 Å². The number of carbonyl (C=O) groups is 1. The largest absolute Gasteiger partial charge is 0.376 e. The van der Waals surface area contributed by atoms with E-state index in [0.29, 0.717) is 38.7 Å². The summed E-state index contributed by atoms with van der Waals surface area (Å²) in [7, 11) is 0. The number of rotatable bonds is 5. The van der Waals surface area contributed by atoms with Crippen molar-refractivity contribution in [3.8, 4) is 0 Å². The Morgan fingerprint density at radius 1 is 1.44 bits per heavy atom. The van der Waals surface area contributed by atoms with Crippen molar-refractivity contribution in [1.82, 2.24) is 5.32 Å². The lowest BCUT2D eigenvalue weighted by atomic mass is 10.1. The van der Waals surface area contributed by atoms with Gasteiger partial charge in [-0.15, -0.1) is 0 Å². The number of nitrogens with one attached hydrogen (secondary N) is 1. The Bertz CT molecular complexity index is 237. The van der Waals surface area contributed by atoms with Gasteiger partial charge in [0.25, 0.3) is 0 Å². The average molecular weight is 228 g/mol. The van der Waals surface area contributed by atoms with Gasteiger partial charge in [0.15, 0.2) is 0 Å². The Balaban J connectivity index is 1.58. The van der Waals surface area contributed by atoms with Crippen LogP contribution < -0.4 is 11.1 Å². The first-order valence-corrected chi connectivity index (χ1v) is 5.97. The fourth-order valence-corrected chi connectivity index (χ4v) is 1.86. The van der Waals surface area contributed by atoms with E-state index in [2.05, 4.69) is 5.32 Å². The molecule has 3 N–H and O–H groups in total. The summed E-state index contributed by atoms with van der Waals surface area (Å²) in [5.41, 5.74) is 5.87. The number of carbonyl (C=O) groups excluding carboxylic acids is 1. The molecule has 0 spiro atoms. The van der Waals surface area contributed by atoms with Gasteiger partial charge in [-0.05, 0) is 18.8 Å².